The number of carbonyl (C=O) groups excluding carboxylic acids is 1. The molecule has 0 aliphatic rings. The topological polar surface area (TPSA) is 82.9 Å². The molecule has 0 radical (unpaired) electrons. The molecule has 0 saturated carbocycles. The monoisotopic (exact) mass is 282 g/mol. The van der Waals surface area contributed by atoms with Gasteiger partial charge in [0.05, 0.1) is 12.6 Å². The number of nitrogens with one attached hydrogen (secondary N) is 1. The molecule has 0 aliphatic carbocycles. The predicted molar refractivity (Wildman–Crippen MR) is 79.6 cm³/mol. The Morgan fingerprint density at radius 2 is 2.10 bits per heavy atom. The normalized spacial score (nSPS) is 11.2. The number of benzene rings is 1. The van der Waals surface area contributed by atoms with Crippen LogP contribution in [-0.4, -0.2) is 18.1 Å². The zero-order chi connectivity index (χ0) is 15.6. The summed E-state index contributed by atoms with van der Waals surface area (Å²) >= 11 is 0. The zero-order valence-electron chi connectivity index (χ0n) is 12.0. The first-order valence-electron chi connectivity index (χ1n) is 6.31. The van der Waals surface area contributed by atoms with Crippen molar-refractivity contribution < 1.29 is 9.53 Å². The molecule has 5 nitrogen and oxygen atoms in total. The van der Waals surface area contributed by atoms with Gasteiger partial charge in [-0.1, -0.05) is 12.1 Å². The van der Waals surface area contributed by atoms with Gasteiger partial charge in [-0.2, -0.15) is 5.26 Å². The summed E-state index contributed by atoms with van der Waals surface area (Å²) < 4.78 is 4.50. The van der Waals surface area contributed by atoms with Crippen molar-refractivity contribution in [2.75, 3.05) is 7.11 Å². The fraction of sp³-hybridized carbons (Fsp3) is 0.188. The van der Waals surface area contributed by atoms with E-state index >= 15 is 0 Å². The molecule has 0 bridgehead atoms. The largest absolute Gasteiger partial charge is 0.465 e. The summed E-state index contributed by atoms with van der Waals surface area (Å²) in [4.78, 5) is 26.3. The first-order valence-corrected chi connectivity index (χ1v) is 6.31. The summed E-state index contributed by atoms with van der Waals surface area (Å²) in [5.41, 5.74) is 2.50. The standard InChI is InChI=1S/C16H14N2O3/c1-9-4-5-11-6-12(7-13(8-17)16(20)21-3)15(19)18-14(11)10(9)2/h4-7H,1-3H3,(H,18,19)/b13-7-. The Kier molecular flexibility index (Phi) is 3.90. The lowest BCUT2D eigenvalue weighted by Crippen LogP contribution is -2.11. The number of aryl methyl sites for hydroxylation is 2. The van der Waals surface area contributed by atoms with E-state index in [1.807, 2.05) is 26.0 Å². The molecule has 0 aliphatic heterocycles. The van der Waals surface area contributed by atoms with Crippen LogP contribution in [0.5, 0.6) is 0 Å². The van der Waals surface area contributed by atoms with Crippen molar-refractivity contribution in [2.24, 2.45) is 0 Å². The van der Waals surface area contributed by atoms with E-state index in [1.165, 1.54) is 13.2 Å². The molecule has 21 heavy (non-hydrogen) atoms. The van der Waals surface area contributed by atoms with E-state index in [0.29, 0.717) is 0 Å². The van der Waals surface area contributed by atoms with E-state index < -0.39 is 5.97 Å². The van der Waals surface area contributed by atoms with Crippen LogP contribution in [0.2, 0.25) is 0 Å². The number of methoxy groups -OCH3 is 1. The van der Waals surface area contributed by atoms with Crippen LogP contribution in [0.1, 0.15) is 16.7 Å². The van der Waals surface area contributed by atoms with Crippen LogP contribution in [0.3, 0.4) is 0 Å². The first kappa shape index (κ1) is 14.5. The molecule has 0 amide bonds. The molecule has 1 aromatic heterocycles. The Labute approximate surface area is 121 Å². The molecule has 5 heteroatoms. The number of carbonyl (C=O) groups is 1. The number of aromatic amines is 1. The van der Waals surface area contributed by atoms with Crippen molar-refractivity contribution >= 4 is 22.9 Å². The van der Waals surface area contributed by atoms with Crippen molar-refractivity contribution in [3.63, 3.8) is 0 Å². The van der Waals surface area contributed by atoms with Gasteiger partial charge in [-0.25, -0.2) is 4.79 Å². The molecular formula is C16H14N2O3. The van der Waals surface area contributed by atoms with Crippen LogP contribution in [0, 0.1) is 25.2 Å². The van der Waals surface area contributed by atoms with Crippen LogP contribution in [0.25, 0.3) is 17.0 Å². The van der Waals surface area contributed by atoms with Crippen molar-refractivity contribution in [1.82, 2.24) is 4.98 Å². The van der Waals surface area contributed by atoms with Gasteiger partial charge in [0.15, 0.2) is 0 Å². The van der Waals surface area contributed by atoms with Crippen LogP contribution in [-0.2, 0) is 9.53 Å². The third kappa shape index (κ3) is 2.70. The number of nitrogens with zero attached hydrogens (tertiary/aromatic N) is 1. The van der Waals surface area contributed by atoms with Gasteiger partial charge in [0.2, 0.25) is 0 Å². The smallest absolute Gasteiger partial charge is 0.348 e. The molecule has 0 fully saturated rings. The molecule has 0 saturated heterocycles. The van der Waals surface area contributed by atoms with Crippen molar-refractivity contribution in [1.29, 1.82) is 5.26 Å². The van der Waals surface area contributed by atoms with Gasteiger partial charge in [-0.15, -0.1) is 0 Å². The van der Waals surface area contributed by atoms with Gasteiger partial charge in [-0.3, -0.25) is 4.79 Å². The Morgan fingerprint density at radius 1 is 1.38 bits per heavy atom. The average Bonchev–Trinajstić information content (AvgIpc) is 2.49. The van der Waals surface area contributed by atoms with E-state index in [1.54, 1.807) is 12.1 Å². The molecular weight excluding hydrogens is 268 g/mol. The van der Waals surface area contributed by atoms with E-state index in [4.69, 9.17) is 5.26 Å². The SMILES string of the molecule is COC(=O)/C(C#N)=C\c1cc2ccc(C)c(C)c2[nH]c1=O. The third-order valence-corrected chi connectivity index (χ3v) is 3.41. The van der Waals surface area contributed by atoms with Gasteiger partial charge in [0.25, 0.3) is 5.56 Å². The maximum absolute atomic E-state index is 12.1. The highest BCUT2D eigenvalue weighted by molar-refractivity contribution is 5.98. The molecule has 1 aromatic carbocycles. The summed E-state index contributed by atoms with van der Waals surface area (Å²) in [6.07, 6.45) is 1.24. The fourth-order valence-electron chi connectivity index (χ4n) is 2.05. The number of rotatable bonds is 2. The molecule has 0 unspecified atom stereocenters. The highest BCUT2D eigenvalue weighted by atomic mass is 16.5. The Morgan fingerprint density at radius 3 is 2.71 bits per heavy atom. The summed E-state index contributed by atoms with van der Waals surface area (Å²) in [5, 5.41) is 9.78. The second-order valence-electron chi connectivity index (χ2n) is 4.69. The van der Waals surface area contributed by atoms with E-state index in [0.717, 1.165) is 22.0 Å². The lowest BCUT2D eigenvalue weighted by atomic mass is 10.0. The van der Waals surface area contributed by atoms with Crippen molar-refractivity contribution in [3.8, 4) is 6.07 Å². The van der Waals surface area contributed by atoms with E-state index in [9.17, 15) is 9.59 Å². The minimum atomic E-state index is -0.767. The summed E-state index contributed by atoms with van der Waals surface area (Å²) in [7, 11) is 1.18. The van der Waals surface area contributed by atoms with Crippen molar-refractivity contribution in [2.45, 2.75) is 13.8 Å². The number of fused-ring (bicyclic) bond motifs is 1. The van der Waals surface area contributed by atoms with Crippen LogP contribution < -0.4 is 5.56 Å². The minimum absolute atomic E-state index is 0.216. The number of aromatic nitrogens is 1. The molecule has 2 rings (SSSR count). The molecule has 0 atom stereocenters. The molecule has 1 N–H and O–H groups in total. The molecule has 1 heterocycles. The number of H-pyrrole nitrogens is 1. The van der Waals surface area contributed by atoms with Gasteiger partial charge in [-0.05, 0) is 42.5 Å². The Balaban J connectivity index is 2.68. The van der Waals surface area contributed by atoms with E-state index in [-0.39, 0.29) is 16.7 Å². The summed E-state index contributed by atoms with van der Waals surface area (Å²) in [6, 6.07) is 7.22. The average molecular weight is 282 g/mol. The van der Waals surface area contributed by atoms with Gasteiger partial charge < -0.3 is 9.72 Å². The Bertz CT molecular complexity index is 854. The number of nitriles is 1. The number of pyridine rings is 1. The van der Waals surface area contributed by atoms with Crippen molar-refractivity contribution in [3.05, 3.63) is 50.8 Å². The lowest BCUT2D eigenvalue weighted by Gasteiger charge is -2.06. The maximum Gasteiger partial charge on any atom is 0.348 e. The minimum Gasteiger partial charge on any atom is -0.465 e. The van der Waals surface area contributed by atoms with Crippen LogP contribution >= 0.6 is 0 Å². The maximum atomic E-state index is 12.1. The predicted octanol–water partition coefficient (Wildman–Crippen LogP) is 2.22. The highest BCUT2D eigenvalue weighted by Crippen LogP contribution is 2.19. The van der Waals surface area contributed by atoms with E-state index in [2.05, 4.69) is 9.72 Å². The molecule has 106 valence electrons. The second kappa shape index (κ2) is 5.63. The van der Waals surface area contributed by atoms with Crippen LogP contribution in [0.15, 0.2) is 28.6 Å². The summed E-state index contributed by atoms with van der Waals surface area (Å²) in [5.74, 6) is -0.767. The van der Waals surface area contributed by atoms with Gasteiger partial charge >= 0.3 is 5.97 Å². The first-order chi connectivity index (χ1) is 9.97. The summed E-state index contributed by atoms with van der Waals surface area (Å²) in [6.45, 7) is 3.89. The number of ether oxygens (including phenoxy) is 1. The second-order valence-corrected chi connectivity index (χ2v) is 4.69. The van der Waals surface area contributed by atoms with Gasteiger partial charge in [0, 0.05) is 5.56 Å². The number of hydrogen-bond donors (Lipinski definition) is 1. The van der Waals surface area contributed by atoms with Crippen LogP contribution in [0.4, 0.5) is 0 Å². The number of hydrogen-bond acceptors (Lipinski definition) is 4. The zero-order valence-corrected chi connectivity index (χ0v) is 12.0. The Hall–Kier alpha value is -2.87. The third-order valence-electron chi connectivity index (χ3n) is 3.41. The molecule has 0 spiro atoms. The number of esters is 1. The quantitative estimate of drug-likeness (QED) is 0.520. The molecule has 2 aromatic rings. The highest BCUT2D eigenvalue weighted by Gasteiger charge is 2.11. The van der Waals surface area contributed by atoms with Gasteiger partial charge in [0.1, 0.15) is 11.6 Å². The fourth-order valence-corrected chi connectivity index (χ4v) is 2.05. The lowest BCUT2D eigenvalue weighted by molar-refractivity contribution is -0.135.